The molecule has 4 bridgehead atoms. The fraction of sp³-hybridized carbons (Fsp3) is 0.429. The van der Waals surface area contributed by atoms with Crippen molar-refractivity contribution in [3.8, 4) is 0 Å². The lowest BCUT2D eigenvalue weighted by molar-refractivity contribution is -0.0483. The largest absolute Gasteiger partial charge is 0.388 e. The maximum absolute atomic E-state index is 15.2. The second-order valence-electron chi connectivity index (χ2n) is 11.7. The predicted octanol–water partition coefficient (Wildman–Crippen LogP) is 4.56. The lowest BCUT2D eigenvalue weighted by Gasteiger charge is -2.30. The highest BCUT2D eigenvalue weighted by molar-refractivity contribution is 8.15. The monoisotopic (exact) mass is 672 g/mol. The number of fused-ring (bicyclic) bond motifs is 4. The molecule has 1 aliphatic heterocycles. The van der Waals surface area contributed by atoms with Gasteiger partial charge < -0.3 is 20.3 Å². The van der Waals surface area contributed by atoms with Crippen molar-refractivity contribution in [2.24, 2.45) is 0 Å². The van der Waals surface area contributed by atoms with E-state index >= 15 is 4.39 Å². The van der Waals surface area contributed by atoms with Gasteiger partial charge in [0.2, 0.25) is 0 Å². The summed E-state index contributed by atoms with van der Waals surface area (Å²) in [6.45, 7) is 7.27. The molecule has 3 N–H and O–H groups in total. The van der Waals surface area contributed by atoms with Gasteiger partial charge in [0.1, 0.15) is 18.0 Å². The third-order valence-electron chi connectivity index (χ3n) is 7.90. The first kappa shape index (κ1) is 35.9. The number of carbonyl (C=O) groups excluding carboxylic acids is 1. The Labute approximate surface area is 274 Å². The van der Waals surface area contributed by atoms with Crippen LogP contribution in [0.15, 0.2) is 76.5 Å². The zero-order valence-corrected chi connectivity index (χ0v) is 28.5. The van der Waals surface area contributed by atoms with Gasteiger partial charge in [0.15, 0.2) is 9.84 Å². The Kier molecular flexibility index (Phi) is 12.7. The minimum absolute atomic E-state index is 0.0515. The number of aliphatic hydroxyl groups is 2. The Morgan fingerprint density at radius 2 is 1.70 bits per heavy atom. The van der Waals surface area contributed by atoms with Crippen molar-refractivity contribution in [2.45, 2.75) is 68.1 Å². The standard InChI is InChI=1S/C35H45FN2O6S2/c1-5-12-38(13-6-2)35-27-17-24(3)16-26(21-27)34(41)37-31(20-25-18-28(36)22-29(19-25)45(35)4)33(40)32(39)23-44-14-15-46(42,43)30-10-8-7-9-11-30/h7-11,16-19,21-22,31-33,39-40H,5-6,12-15,20,23H2,1-4H3,(H,37,41)/t31-,32+,33+,45?/m0/s1. The lowest BCUT2D eigenvalue weighted by atomic mass is 9.96. The van der Waals surface area contributed by atoms with Gasteiger partial charge in [0.25, 0.3) is 5.91 Å². The van der Waals surface area contributed by atoms with Gasteiger partial charge in [0.05, 0.1) is 34.9 Å². The van der Waals surface area contributed by atoms with Crippen LogP contribution in [0.1, 0.15) is 53.7 Å². The van der Waals surface area contributed by atoms with Crippen molar-refractivity contribution in [2.75, 3.05) is 38.3 Å². The fourth-order valence-corrected chi connectivity index (χ4v) is 8.75. The summed E-state index contributed by atoms with van der Waals surface area (Å²) < 4.78 is 45.7. The lowest BCUT2D eigenvalue weighted by Crippen LogP contribution is -2.51. The van der Waals surface area contributed by atoms with Gasteiger partial charge >= 0.3 is 0 Å². The molecule has 250 valence electrons. The van der Waals surface area contributed by atoms with Gasteiger partial charge in [-0.05, 0) is 97.7 Å². The average Bonchev–Trinajstić information content (AvgIpc) is 3.02. The van der Waals surface area contributed by atoms with E-state index in [1.165, 1.54) is 18.2 Å². The number of aliphatic hydroxyl groups excluding tert-OH is 2. The second-order valence-corrected chi connectivity index (χ2v) is 15.7. The van der Waals surface area contributed by atoms with Crippen LogP contribution >= 0.6 is 10.5 Å². The van der Waals surface area contributed by atoms with Gasteiger partial charge in [-0.2, -0.15) is 0 Å². The number of benzene rings is 3. The molecule has 4 atom stereocenters. The first-order valence-corrected chi connectivity index (χ1v) is 18.9. The highest BCUT2D eigenvalue weighted by atomic mass is 32.2. The first-order chi connectivity index (χ1) is 21.9. The number of aryl methyl sites for hydroxylation is 1. The van der Waals surface area contributed by atoms with Gasteiger partial charge in [0, 0.05) is 23.5 Å². The Bertz CT molecular complexity index is 1640. The van der Waals surface area contributed by atoms with Gasteiger partial charge in [-0.1, -0.05) is 32.0 Å². The number of nitrogens with zero attached hydrogens (tertiary/aromatic N) is 1. The van der Waals surface area contributed by atoms with Crippen molar-refractivity contribution >= 4 is 31.2 Å². The molecule has 4 rings (SSSR count). The molecule has 0 aliphatic carbocycles. The van der Waals surface area contributed by atoms with Crippen LogP contribution < -0.4 is 5.32 Å². The summed E-state index contributed by atoms with van der Waals surface area (Å²) in [7, 11) is -4.13. The van der Waals surface area contributed by atoms with Crippen LogP contribution in [-0.2, 0) is 21.0 Å². The number of hydrogen-bond donors (Lipinski definition) is 3. The van der Waals surface area contributed by atoms with E-state index < -0.39 is 50.3 Å². The molecule has 11 heteroatoms. The fourth-order valence-electron chi connectivity index (χ4n) is 5.72. The number of sulfone groups is 1. The van der Waals surface area contributed by atoms with Gasteiger partial charge in [-0.3, -0.25) is 9.69 Å². The Morgan fingerprint density at radius 1 is 1.02 bits per heavy atom. The summed E-state index contributed by atoms with van der Waals surface area (Å²) in [6.07, 6.45) is 1.06. The minimum atomic E-state index is -3.58. The molecule has 0 radical (unpaired) electrons. The molecule has 1 aliphatic rings. The maximum Gasteiger partial charge on any atom is 0.251 e. The van der Waals surface area contributed by atoms with Crippen LogP contribution in [0.2, 0.25) is 0 Å². The third kappa shape index (κ3) is 9.11. The molecule has 0 saturated carbocycles. The molecular formula is C35H45FN2O6S2. The summed E-state index contributed by atoms with van der Waals surface area (Å²) in [5, 5.41) is 25.0. The molecule has 0 saturated heterocycles. The van der Waals surface area contributed by atoms with E-state index in [0.29, 0.717) is 11.1 Å². The highest BCUT2D eigenvalue weighted by Crippen LogP contribution is 2.32. The van der Waals surface area contributed by atoms with Crippen molar-refractivity contribution in [3.63, 3.8) is 0 Å². The van der Waals surface area contributed by atoms with E-state index in [2.05, 4.69) is 30.3 Å². The number of carbonyl (C=O) groups is 1. The van der Waals surface area contributed by atoms with Crippen LogP contribution in [-0.4, -0.2) is 91.0 Å². The Morgan fingerprint density at radius 3 is 2.37 bits per heavy atom. The Hall–Kier alpha value is -2.93. The molecule has 3 aromatic rings. The maximum atomic E-state index is 15.2. The minimum Gasteiger partial charge on any atom is -0.388 e. The van der Waals surface area contributed by atoms with Crippen molar-refractivity contribution in [1.82, 2.24) is 10.2 Å². The normalized spacial score (nSPS) is 19.2. The van der Waals surface area contributed by atoms with E-state index in [1.807, 2.05) is 25.1 Å². The average molecular weight is 673 g/mol. The van der Waals surface area contributed by atoms with Crippen molar-refractivity contribution in [1.29, 1.82) is 0 Å². The van der Waals surface area contributed by atoms with Crippen LogP contribution in [0.25, 0.3) is 0 Å². The number of halogens is 1. The number of rotatable bonds is 12. The quantitative estimate of drug-likeness (QED) is 0.191. The SMILES string of the molecule is CCCN(CCC)/C1=S(\C)c2cc(F)cc(c2)C[C@@H]([C@@H](O)[C@H](O)COCCS(=O)(=O)c2ccccc2)NC(=O)c2cc(C)cc1c2. The van der Waals surface area contributed by atoms with E-state index in [9.17, 15) is 23.4 Å². The number of hydrogen-bond acceptors (Lipinski definition) is 7. The predicted molar refractivity (Wildman–Crippen MR) is 182 cm³/mol. The second kappa shape index (κ2) is 16.3. The van der Waals surface area contributed by atoms with Gasteiger partial charge in [-0.15, -0.1) is 10.5 Å². The highest BCUT2D eigenvalue weighted by Gasteiger charge is 2.30. The molecule has 8 nitrogen and oxygen atoms in total. The zero-order chi connectivity index (χ0) is 33.4. The van der Waals surface area contributed by atoms with E-state index in [-0.39, 0.29) is 30.3 Å². The summed E-state index contributed by atoms with van der Waals surface area (Å²) in [6, 6.07) is 17.5. The van der Waals surface area contributed by atoms with Crippen molar-refractivity contribution < 1.29 is 32.6 Å². The summed E-state index contributed by atoms with van der Waals surface area (Å²) in [4.78, 5) is 18.1. The molecule has 0 spiro atoms. The molecule has 3 aromatic carbocycles. The molecular weight excluding hydrogens is 628 g/mol. The summed E-state index contributed by atoms with van der Waals surface area (Å²) >= 11 is 0. The van der Waals surface area contributed by atoms with Crippen LogP contribution in [0.3, 0.4) is 0 Å². The van der Waals surface area contributed by atoms with Crippen LogP contribution in [0.5, 0.6) is 0 Å². The smallest absolute Gasteiger partial charge is 0.251 e. The number of nitrogens with one attached hydrogen (secondary N) is 1. The van der Waals surface area contributed by atoms with E-state index in [4.69, 9.17) is 4.74 Å². The molecule has 0 fully saturated rings. The molecule has 1 unspecified atom stereocenters. The zero-order valence-electron chi connectivity index (χ0n) is 26.9. The summed E-state index contributed by atoms with van der Waals surface area (Å²) in [5.74, 6) is -1.15. The van der Waals surface area contributed by atoms with E-state index in [1.54, 1.807) is 30.3 Å². The van der Waals surface area contributed by atoms with Gasteiger partial charge in [-0.25, -0.2) is 12.8 Å². The number of amides is 1. The topological polar surface area (TPSA) is 116 Å². The van der Waals surface area contributed by atoms with Crippen LogP contribution in [0, 0.1) is 12.7 Å². The Balaban J connectivity index is 1.63. The molecule has 46 heavy (non-hydrogen) atoms. The first-order valence-electron chi connectivity index (χ1n) is 15.6. The molecule has 1 heterocycles. The summed E-state index contributed by atoms with van der Waals surface area (Å²) in [5.41, 5.74) is 2.76. The van der Waals surface area contributed by atoms with Crippen LogP contribution in [0.4, 0.5) is 4.39 Å². The number of ether oxygens (including phenoxy) is 1. The van der Waals surface area contributed by atoms with Crippen molar-refractivity contribution in [3.05, 3.63) is 94.8 Å². The van der Waals surface area contributed by atoms with E-state index in [0.717, 1.165) is 46.9 Å². The third-order valence-corrected chi connectivity index (χ3v) is 11.6. The molecule has 1 amide bonds. The molecule has 0 aromatic heterocycles.